The fraction of sp³-hybridized carbons (Fsp3) is 0.200. The predicted octanol–water partition coefficient (Wildman–Crippen LogP) is 4.10. The van der Waals surface area contributed by atoms with Crippen LogP contribution in [0.3, 0.4) is 0 Å². The number of hydrogen-bond donors (Lipinski definition) is 0. The minimum atomic E-state index is -0.605. The van der Waals surface area contributed by atoms with Gasteiger partial charge in [0.25, 0.3) is 0 Å². The zero-order valence-electron chi connectivity index (χ0n) is 20.7. The van der Waals surface area contributed by atoms with E-state index in [9.17, 15) is 9.59 Å². The van der Waals surface area contributed by atoms with Gasteiger partial charge in [-0.2, -0.15) is 0 Å². The zero-order valence-corrected chi connectivity index (χ0v) is 20.7. The molecule has 1 aliphatic rings. The number of carbonyl (C=O) groups excluding carboxylic acids is 2. The fourth-order valence-electron chi connectivity index (χ4n) is 5.10. The minimum absolute atomic E-state index is 0.0358. The van der Waals surface area contributed by atoms with Crippen molar-refractivity contribution in [1.82, 2.24) is 19.9 Å². The highest BCUT2D eigenvalue weighted by Gasteiger charge is 2.44. The molecule has 1 aromatic heterocycles. The molecule has 0 N–H and O–H groups in total. The van der Waals surface area contributed by atoms with Crippen LogP contribution in [0.1, 0.15) is 28.8 Å². The Hall–Kier alpha value is -4.36. The average Bonchev–Trinajstić information content (AvgIpc) is 3.39. The lowest BCUT2D eigenvalue weighted by atomic mass is 9.74. The molecule has 0 atom stereocenters. The standard InChI is InChI=1S/C30H28N4O3/c1-37-29(36)22-34-21-27(31-32-34)19-23-20-33(18-17-28(23)35)30(24-11-5-2-6-12-24,25-13-7-3-8-14-25)26-15-9-4-10-16-26/h2-16,19,21H,17-18,20,22H2,1H3. The second-order valence-corrected chi connectivity index (χ2v) is 8.99. The van der Waals surface area contributed by atoms with Crippen molar-refractivity contribution in [3.05, 3.63) is 125 Å². The molecular weight excluding hydrogens is 464 g/mol. The molecule has 7 heteroatoms. The first-order chi connectivity index (χ1) is 18.1. The molecule has 0 saturated carbocycles. The summed E-state index contributed by atoms with van der Waals surface area (Å²) >= 11 is 0. The van der Waals surface area contributed by atoms with Crippen molar-refractivity contribution in [3.63, 3.8) is 0 Å². The third-order valence-corrected chi connectivity index (χ3v) is 6.77. The van der Waals surface area contributed by atoms with Crippen molar-refractivity contribution in [2.24, 2.45) is 0 Å². The molecule has 0 radical (unpaired) electrons. The van der Waals surface area contributed by atoms with E-state index in [1.165, 1.54) is 11.8 Å². The fourth-order valence-corrected chi connectivity index (χ4v) is 5.10. The normalized spacial score (nSPS) is 15.6. The quantitative estimate of drug-likeness (QED) is 0.220. The van der Waals surface area contributed by atoms with Gasteiger partial charge < -0.3 is 4.74 Å². The van der Waals surface area contributed by atoms with Gasteiger partial charge in [-0.05, 0) is 22.8 Å². The van der Waals surface area contributed by atoms with Gasteiger partial charge in [-0.1, -0.05) is 96.2 Å². The number of hydrogen-bond acceptors (Lipinski definition) is 6. The molecule has 4 aromatic rings. The number of nitrogens with zero attached hydrogens (tertiary/aromatic N) is 4. The molecular formula is C30H28N4O3. The smallest absolute Gasteiger partial charge is 0.327 e. The molecule has 0 bridgehead atoms. The summed E-state index contributed by atoms with van der Waals surface area (Å²) in [6.07, 6.45) is 3.81. The van der Waals surface area contributed by atoms with E-state index in [1.54, 1.807) is 12.3 Å². The number of rotatable bonds is 7. The van der Waals surface area contributed by atoms with E-state index < -0.39 is 11.5 Å². The molecule has 186 valence electrons. The first-order valence-electron chi connectivity index (χ1n) is 12.2. The maximum absolute atomic E-state index is 13.1. The number of piperidine rings is 1. The van der Waals surface area contributed by atoms with Gasteiger partial charge in [-0.25, -0.2) is 4.68 Å². The summed E-state index contributed by atoms with van der Waals surface area (Å²) < 4.78 is 6.11. The van der Waals surface area contributed by atoms with Gasteiger partial charge in [0.1, 0.15) is 12.2 Å². The second kappa shape index (κ2) is 10.7. The van der Waals surface area contributed by atoms with Crippen LogP contribution in [0.25, 0.3) is 6.08 Å². The molecule has 1 saturated heterocycles. The van der Waals surface area contributed by atoms with Crippen LogP contribution in [-0.2, 0) is 26.4 Å². The van der Waals surface area contributed by atoms with Crippen LogP contribution >= 0.6 is 0 Å². The largest absolute Gasteiger partial charge is 0.468 e. The van der Waals surface area contributed by atoms with Crippen LogP contribution in [0.2, 0.25) is 0 Å². The minimum Gasteiger partial charge on any atom is -0.468 e. The van der Waals surface area contributed by atoms with E-state index in [0.717, 1.165) is 16.7 Å². The molecule has 1 fully saturated rings. The number of esters is 1. The van der Waals surface area contributed by atoms with E-state index in [2.05, 4.69) is 88.0 Å². The van der Waals surface area contributed by atoms with Crippen molar-refractivity contribution < 1.29 is 14.3 Å². The zero-order chi connectivity index (χ0) is 25.7. The number of Topliss-reactive ketones (excluding diaryl/α,β-unsaturated/α-hetero) is 1. The number of aromatic nitrogens is 3. The Morgan fingerprint density at radius 3 is 1.97 bits per heavy atom. The Morgan fingerprint density at radius 1 is 0.919 bits per heavy atom. The van der Waals surface area contributed by atoms with Crippen molar-refractivity contribution in [3.8, 4) is 0 Å². The lowest BCUT2D eigenvalue weighted by Crippen LogP contribution is -2.52. The molecule has 5 rings (SSSR count). The van der Waals surface area contributed by atoms with Crippen molar-refractivity contribution in [1.29, 1.82) is 0 Å². The summed E-state index contributed by atoms with van der Waals surface area (Å²) in [7, 11) is 1.33. The highest BCUT2D eigenvalue weighted by atomic mass is 16.5. The third kappa shape index (κ3) is 4.86. The summed E-state index contributed by atoms with van der Waals surface area (Å²) in [5, 5.41) is 8.15. The monoisotopic (exact) mass is 492 g/mol. The number of methoxy groups -OCH3 is 1. The number of carbonyl (C=O) groups is 2. The van der Waals surface area contributed by atoms with E-state index >= 15 is 0 Å². The lowest BCUT2D eigenvalue weighted by molar-refractivity contribution is -0.141. The predicted molar refractivity (Wildman–Crippen MR) is 140 cm³/mol. The van der Waals surface area contributed by atoms with Gasteiger partial charge in [0, 0.05) is 25.1 Å². The maximum Gasteiger partial charge on any atom is 0.327 e. The van der Waals surface area contributed by atoms with E-state index in [-0.39, 0.29) is 12.3 Å². The number of benzene rings is 3. The topological polar surface area (TPSA) is 77.3 Å². The molecule has 0 amide bonds. The molecule has 0 unspecified atom stereocenters. The molecule has 37 heavy (non-hydrogen) atoms. The van der Waals surface area contributed by atoms with Crippen LogP contribution in [0, 0.1) is 0 Å². The molecule has 0 aliphatic carbocycles. The maximum atomic E-state index is 13.1. The molecule has 3 aromatic carbocycles. The van der Waals surface area contributed by atoms with E-state index in [1.807, 2.05) is 18.2 Å². The van der Waals surface area contributed by atoms with Gasteiger partial charge in [0.15, 0.2) is 5.78 Å². The van der Waals surface area contributed by atoms with Crippen molar-refractivity contribution in [2.45, 2.75) is 18.5 Å². The van der Waals surface area contributed by atoms with Crippen LogP contribution < -0.4 is 0 Å². The van der Waals surface area contributed by atoms with Crippen LogP contribution in [0.5, 0.6) is 0 Å². The Labute approximate surface area is 216 Å². The molecule has 7 nitrogen and oxygen atoms in total. The SMILES string of the molecule is COC(=O)Cn1cc(C=C2CN(C(c3ccccc3)(c3ccccc3)c3ccccc3)CCC2=O)nn1. The van der Waals surface area contributed by atoms with Crippen LogP contribution in [-0.4, -0.2) is 51.8 Å². The Bertz CT molecular complexity index is 1300. The highest BCUT2D eigenvalue weighted by Crippen LogP contribution is 2.43. The van der Waals surface area contributed by atoms with Gasteiger partial charge in [-0.15, -0.1) is 5.10 Å². The summed E-state index contributed by atoms with van der Waals surface area (Å²) in [5.74, 6) is -0.329. The lowest BCUT2D eigenvalue weighted by Gasteiger charge is -2.47. The Balaban J connectivity index is 1.60. The van der Waals surface area contributed by atoms with Gasteiger partial charge in [-0.3, -0.25) is 14.5 Å². The van der Waals surface area contributed by atoms with Crippen molar-refractivity contribution in [2.75, 3.05) is 20.2 Å². The molecule has 0 spiro atoms. The average molecular weight is 493 g/mol. The van der Waals surface area contributed by atoms with Crippen molar-refractivity contribution >= 4 is 17.8 Å². The van der Waals surface area contributed by atoms with Gasteiger partial charge >= 0.3 is 5.97 Å². The highest BCUT2D eigenvalue weighted by molar-refractivity contribution is 6.00. The van der Waals surface area contributed by atoms with Crippen LogP contribution in [0.4, 0.5) is 0 Å². The Kier molecular flexibility index (Phi) is 7.05. The number of ether oxygens (including phenoxy) is 1. The second-order valence-electron chi connectivity index (χ2n) is 8.99. The summed E-state index contributed by atoms with van der Waals surface area (Å²) in [5.41, 5.74) is 3.97. The Morgan fingerprint density at radius 2 is 1.46 bits per heavy atom. The summed E-state index contributed by atoms with van der Waals surface area (Å²) in [4.78, 5) is 27.1. The van der Waals surface area contributed by atoms with Gasteiger partial charge in [0.2, 0.25) is 0 Å². The molecule has 1 aliphatic heterocycles. The van der Waals surface area contributed by atoms with E-state index in [4.69, 9.17) is 4.74 Å². The van der Waals surface area contributed by atoms with Crippen LogP contribution in [0.15, 0.2) is 103 Å². The number of likely N-dealkylation sites (tertiary alicyclic amines) is 1. The summed E-state index contributed by atoms with van der Waals surface area (Å²) in [6, 6.07) is 31.3. The molecule has 2 heterocycles. The number of ketones is 1. The third-order valence-electron chi connectivity index (χ3n) is 6.77. The first kappa shape index (κ1) is 24.3. The van der Waals surface area contributed by atoms with Gasteiger partial charge in [0.05, 0.1) is 18.8 Å². The summed E-state index contributed by atoms with van der Waals surface area (Å²) in [6.45, 7) is 0.997. The first-order valence-corrected chi connectivity index (χ1v) is 12.2. The van der Waals surface area contributed by atoms with E-state index in [0.29, 0.717) is 30.8 Å².